The predicted molar refractivity (Wildman–Crippen MR) is 88.2 cm³/mol. The molecule has 0 radical (unpaired) electrons. The molecule has 1 saturated heterocycles. The van der Waals surface area contributed by atoms with Crippen LogP contribution in [-0.4, -0.2) is 40.0 Å². The molecule has 1 aromatic heterocycles. The van der Waals surface area contributed by atoms with Gasteiger partial charge in [0, 0.05) is 31.2 Å². The summed E-state index contributed by atoms with van der Waals surface area (Å²) in [5.41, 5.74) is 1.41. The summed E-state index contributed by atoms with van der Waals surface area (Å²) in [6.45, 7) is 2.71. The van der Waals surface area contributed by atoms with Crippen molar-refractivity contribution in [3.05, 3.63) is 36.0 Å². The topological polar surface area (TPSA) is 73.4 Å². The lowest BCUT2D eigenvalue weighted by Crippen LogP contribution is -2.48. The molecule has 1 aromatic carbocycles. The molecular formula is C18H22N2O3. The molecule has 0 spiro atoms. The Bertz CT molecular complexity index is 737. The molecule has 23 heavy (non-hydrogen) atoms. The summed E-state index contributed by atoms with van der Waals surface area (Å²) < 4.78 is 0. The monoisotopic (exact) mass is 314 g/mol. The summed E-state index contributed by atoms with van der Waals surface area (Å²) in [5.74, 6) is -0.765. The van der Waals surface area contributed by atoms with Crippen molar-refractivity contribution >= 4 is 22.8 Å². The van der Waals surface area contributed by atoms with E-state index >= 15 is 0 Å². The van der Waals surface area contributed by atoms with Crippen LogP contribution in [0.1, 0.15) is 31.7 Å². The number of aromatic amines is 1. The number of nitrogens with zero attached hydrogens (tertiary/aromatic N) is 1. The van der Waals surface area contributed by atoms with Crippen LogP contribution in [0.15, 0.2) is 30.5 Å². The van der Waals surface area contributed by atoms with Gasteiger partial charge >= 0.3 is 5.97 Å². The van der Waals surface area contributed by atoms with Crippen LogP contribution in [0.25, 0.3) is 10.9 Å². The Morgan fingerprint density at radius 2 is 2.17 bits per heavy atom. The van der Waals surface area contributed by atoms with Gasteiger partial charge in [0.25, 0.3) is 0 Å². The number of piperidine rings is 1. The number of hydrogen-bond acceptors (Lipinski definition) is 2. The van der Waals surface area contributed by atoms with Crippen molar-refractivity contribution in [3.8, 4) is 0 Å². The molecule has 122 valence electrons. The molecule has 1 amide bonds. The summed E-state index contributed by atoms with van der Waals surface area (Å²) in [7, 11) is 0. The molecule has 2 N–H and O–H groups in total. The first-order chi connectivity index (χ1) is 11.0. The molecule has 5 nitrogen and oxygen atoms in total. The van der Waals surface area contributed by atoms with E-state index in [1.165, 1.54) is 0 Å². The summed E-state index contributed by atoms with van der Waals surface area (Å²) in [4.78, 5) is 28.7. The van der Waals surface area contributed by atoms with Crippen molar-refractivity contribution in [2.24, 2.45) is 5.41 Å². The number of carbonyl (C=O) groups excluding carboxylic acids is 1. The molecule has 0 saturated carbocycles. The van der Waals surface area contributed by atoms with Crippen LogP contribution in [0.3, 0.4) is 0 Å². The van der Waals surface area contributed by atoms with E-state index in [1.54, 1.807) is 11.8 Å². The first kappa shape index (κ1) is 15.6. The Morgan fingerprint density at radius 1 is 1.35 bits per heavy atom. The fraction of sp³-hybridized carbons (Fsp3) is 0.444. The zero-order valence-corrected chi connectivity index (χ0v) is 13.3. The van der Waals surface area contributed by atoms with Gasteiger partial charge in [0.1, 0.15) is 0 Å². The van der Waals surface area contributed by atoms with Crippen molar-refractivity contribution in [1.29, 1.82) is 0 Å². The number of fused-ring (bicyclic) bond motifs is 1. The molecule has 1 unspecified atom stereocenters. The van der Waals surface area contributed by atoms with Gasteiger partial charge in [0.15, 0.2) is 0 Å². The third-order valence-electron chi connectivity index (χ3n) is 4.81. The minimum atomic E-state index is -0.812. The van der Waals surface area contributed by atoms with E-state index in [2.05, 4.69) is 11.1 Å². The van der Waals surface area contributed by atoms with Crippen molar-refractivity contribution in [2.75, 3.05) is 13.1 Å². The number of carboxylic acids is 1. The number of aryl methyl sites for hydroxylation is 1. The Balaban J connectivity index is 1.61. The number of aromatic nitrogens is 1. The van der Waals surface area contributed by atoms with Gasteiger partial charge in [-0.1, -0.05) is 6.07 Å². The first-order valence-electron chi connectivity index (χ1n) is 8.05. The smallest absolute Gasteiger partial charge is 0.311 e. The maximum absolute atomic E-state index is 12.4. The van der Waals surface area contributed by atoms with Crippen molar-refractivity contribution < 1.29 is 14.7 Å². The highest BCUT2D eigenvalue weighted by atomic mass is 16.4. The molecule has 5 heteroatoms. The molecule has 1 atom stereocenters. The number of benzene rings is 1. The number of hydrogen-bond donors (Lipinski definition) is 2. The highest BCUT2D eigenvalue weighted by Crippen LogP contribution is 2.30. The lowest BCUT2D eigenvalue weighted by Gasteiger charge is -2.37. The average Bonchev–Trinajstić information content (AvgIpc) is 3.00. The molecule has 2 aromatic rings. The third-order valence-corrected chi connectivity index (χ3v) is 4.81. The zero-order chi connectivity index (χ0) is 16.4. The molecule has 3 rings (SSSR count). The third kappa shape index (κ3) is 3.23. The van der Waals surface area contributed by atoms with Gasteiger partial charge < -0.3 is 15.0 Å². The standard InChI is InChI=1S/C18H22N2O3/c1-18(17(22)23)8-2-10-20(12-18)16(21)6-4-13-3-5-15-14(11-13)7-9-19-15/h3,5,7,9,11,19H,2,4,6,8,10,12H2,1H3,(H,22,23). The molecule has 2 heterocycles. The molecule has 1 fully saturated rings. The van der Waals surface area contributed by atoms with Crippen molar-refractivity contribution in [1.82, 2.24) is 9.88 Å². The Morgan fingerprint density at radius 3 is 2.96 bits per heavy atom. The molecule has 0 bridgehead atoms. The number of carboxylic acid groups (broad SMARTS) is 1. The second-order valence-electron chi connectivity index (χ2n) is 6.68. The highest BCUT2D eigenvalue weighted by molar-refractivity contribution is 5.81. The molecule has 1 aliphatic heterocycles. The quantitative estimate of drug-likeness (QED) is 0.911. The van der Waals surface area contributed by atoms with Crippen LogP contribution < -0.4 is 0 Å². The number of amides is 1. The highest BCUT2D eigenvalue weighted by Gasteiger charge is 2.39. The fourth-order valence-corrected chi connectivity index (χ4v) is 3.29. The summed E-state index contributed by atoms with van der Waals surface area (Å²) >= 11 is 0. The molecular weight excluding hydrogens is 292 g/mol. The van der Waals surface area contributed by atoms with E-state index in [4.69, 9.17) is 0 Å². The Labute approximate surface area is 135 Å². The maximum atomic E-state index is 12.4. The van der Waals surface area contributed by atoms with E-state index in [-0.39, 0.29) is 5.91 Å². The van der Waals surface area contributed by atoms with Crippen molar-refractivity contribution in [2.45, 2.75) is 32.6 Å². The normalized spacial score (nSPS) is 21.5. The van der Waals surface area contributed by atoms with Gasteiger partial charge in [-0.3, -0.25) is 9.59 Å². The van der Waals surface area contributed by atoms with Gasteiger partial charge in [-0.25, -0.2) is 0 Å². The number of nitrogens with one attached hydrogen (secondary N) is 1. The summed E-state index contributed by atoms with van der Waals surface area (Å²) in [5, 5.41) is 10.5. The Kier molecular flexibility index (Phi) is 4.11. The minimum Gasteiger partial charge on any atom is -0.481 e. The summed E-state index contributed by atoms with van der Waals surface area (Å²) in [6, 6.07) is 8.17. The number of H-pyrrole nitrogens is 1. The molecule has 0 aliphatic carbocycles. The maximum Gasteiger partial charge on any atom is 0.311 e. The predicted octanol–water partition coefficient (Wildman–Crippen LogP) is 2.81. The lowest BCUT2D eigenvalue weighted by atomic mass is 9.82. The van der Waals surface area contributed by atoms with E-state index in [0.717, 1.165) is 22.9 Å². The van der Waals surface area contributed by atoms with E-state index in [1.807, 2.05) is 24.4 Å². The number of carbonyl (C=O) groups is 2. The van der Waals surface area contributed by atoms with Crippen LogP contribution in [0.5, 0.6) is 0 Å². The number of likely N-dealkylation sites (tertiary alicyclic amines) is 1. The lowest BCUT2D eigenvalue weighted by molar-refractivity contribution is -0.153. The fourth-order valence-electron chi connectivity index (χ4n) is 3.29. The zero-order valence-electron chi connectivity index (χ0n) is 13.3. The van der Waals surface area contributed by atoms with Gasteiger partial charge in [0.2, 0.25) is 5.91 Å². The summed E-state index contributed by atoms with van der Waals surface area (Å²) in [6.07, 6.45) is 4.39. The van der Waals surface area contributed by atoms with E-state index < -0.39 is 11.4 Å². The van der Waals surface area contributed by atoms with Gasteiger partial charge in [-0.05, 0) is 55.3 Å². The van der Waals surface area contributed by atoms with Crippen LogP contribution in [0.4, 0.5) is 0 Å². The SMILES string of the molecule is CC1(C(=O)O)CCCN(C(=O)CCc2ccc3[nH]ccc3c2)C1. The van der Waals surface area contributed by atoms with Crippen LogP contribution in [-0.2, 0) is 16.0 Å². The second kappa shape index (κ2) is 6.07. The second-order valence-corrected chi connectivity index (χ2v) is 6.68. The number of aliphatic carboxylic acids is 1. The van der Waals surface area contributed by atoms with E-state index in [9.17, 15) is 14.7 Å². The van der Waals surface area contributed by atoms with E-state index in [0.29, 0.717) is 32.4 Å². The van der Waals surface area contributed by atoms with Gasteiger partial charge in [-0.2, -0.15) is 0 Å². The number of rotatable bonds is 4. The van der Waals surface area contributed by atoms with Crippen LogP contribution in [0.2, 0.25) is 0 Å². The van der Waals surface area contributed by atoms with Crippen molar-refractivity contribution in [3.63, 3.8) is 0 Å². The van der Waals surface area contributed by atoms with Gasteiger partial charge in [-0.15, -0.1) is 0 Å². The minimum absolute atomic E-state index is 0.0475. The van der Waals surface area contributed by atoms with Crippen LogP contribution >= 0.6 is 0 Å². The largest absolute Gasteiger partial charge is 0.481 e. The Hall–Kier alpha value is -2.30. The van der Waals surface area contributed by atoms with Gasteiger partial charge in [0.05, 0.1) is 5.41 Å². The first-order valence-corrected chi connectivity index (χ1v) is 8.05. The average molecular weight is 314 g/mol. The molecule has 1 aliphatic rings. The van der Waals surface area contributed by atoms with Crippen LogP contribution in [0, 0.1) is 5.41 Å².